The lowest BCUT2D eigenvalue weighted by Crippen LogP contribution is -2.45. The fourth-order valence-corrected chi connectivity index (χ4v) is 2.94. The van der Waals surface area contributed by atoms with E-state index in [1.54, 1.807) is 6.07 Å². The van der Waals surface area contributed by atoms with Gasteiger partial charge in [0.15, 0.2) is 0 Å². The van der Waals surface area contributed by atoms with Gasteiger partial charge in [-0.05, 0) is 34.0 Å². The van der Waals surface area contributed by atoms with Crippen molar-refractivity contribution in [3.8, 4) is 0 Å². The summed E-state index contributed by atoms with van der Waals surface area (Å²) < 4.78 is 26.8. The van der Waals surface area contributed by atoms with Crippen molar-refractivity contribution in [1.82, 2.24) is 10.2 Å². The SMILES string of the molecule is FCC[C@@H](c1cccc(F)c1Br)N1CCNCC1. The molecule has 1 aliphatic heterocycles. The highest BCUT2D eigenvalue weighted by Gasteiger charge is 2.24. The fraction of sp³-hybridized carbons (Fsp3) is 0.538. The van der Waals surface area contributed by atoms with Gasteiger partial charge < -0.3 is 5.32 Å². The van der Waals surface area contributed by atoms with Gasteiger partial charge in [-0.15, -0.1) is 0 Å². The van der Waals surface area contributed by atoms with Gasteiger partial charge in [0.05, 0.1) is 11.1 Å². The number of halogens is 3. The quantitative estimate of drug-likeness (QED) is 0.918. The Morgan fingerprint density at radius 3 is 2.72 bits per heavy atom. The molecule has 2 nitrogen and oxygen atoms in total. The van der Waals surface area contributed by atoms with Gasteiger partial charge in [-0.1, -0.05) is 12.1 Å². The van der Waals surface area contributed by atoms with E-state index in [2.05, 4.69) is 26.1 Å². The zero-order valence-electron chi connectivity index (χ0n) is 10.1. The molecule has 1 aromatic rings. The van der Waals surface area contributed by atoms with Crippen LogP contribution >= 0.6 is 15.9 Å². The normalized spacial score (nSPS) is 18.8. The van der Waals surface area contributed by atoms with Crippen molar-refractivity contribution >= 4 is 15.9 Å². The first-order valence-electron chi connectivity index (χ1n) is 6.18. The zero-order chi connectivity index (χ0) is 13.0. The second-order valence-corrected chi connectivity index (χ2v) is 5.22. The summed E-state index contributed by atoms with van der Waals surface area (Å²) in [6.07, 6.45) is 0.405. The van der Waals surface area contributed by atoms with Gasteiger partial charge in [0.1, 0.15) is 5.82 Å². The molecule has 0 bridgehead atoms. The van der Waals surface area contributed by atoms with E-state index in [1.165, 1.54) is 6.07 Å². The van der Waals surface area contributed by atoms with Gasteiger partial charge in [0, 0.05) is 32.2 Å². The van der Waals surface area contributed by atoms with E-state index in [9.17, 15) is 8.78 Å². The van der Waals surface area contributed by atoms with Crippen LogP contribution in [-0.4, -0.2) is 37.8 Å². The van der Waals surface area contributed by atoms with Crippen molar-refractivity contribution in [1.29, 1.82) is 0 Å². The predicted molar refractivity (Wildman–Crippen MR) is 71.9 cm³/mol. The number of nitrogens with zero attached hydrogens (tertiary/aromatic N) is 1. The van der Waals surface area contributed by atoms with Crippen molar-refractivity contribution in [3.05, 3.63) is 34.1 Å². The minimum Gasteiger partial charge on any atom is -0.314 e. The van der Waals surface area contributed by atoms with Crippen LogP contribution in [0.25, 0.3) is 0 Å². The molecule has 0 saturated carbocycles. The van der Waals surface area contributed by atoms with Crippen LogP contribution in [0.5, 0.6) is 0 Å². The predicted octanol–water partition coefficient (Wildman–Crippen LogP) is 2.89. The number of nitrogens with one attached hydrogen (secondary N) is 1. The van der Waals surface area contributed by atoms with Crippen LogP contribution in [0.15, 0.2) is 22.7 Å². The summed E-state index contributed by atoms with van der Waals surface area (Å²) in [6.45, 7) is 3.14. The molecule has 0 aliphatic carbocycles. The average Bonchev–Trinajstić information content (AvgIpc) is 2.41. The maximum atomic E-state index is 13.6. The van der Waals surface area contributed by atoms with Crippen LogP contribution in [0.1, 0.15) is 18.0 Å². The Hall–Kier alpha value is -0.520. The number of alkyl halides is 1. The van der Waals surface area contributed by atoms with Crippen LogP contribution < -0.4 is 5.32 Å². The highest BCUT2D eigenvalue weighted by atomic mass is 79.9. The summed E-state index contributed by atoms with van der Waals surface area (Å²) in [5, 5.41) is 3.27. The van der Waals surface area contributed by atoms with Gasteiger partial charge >= 0.3 is 0 Å². The molecule has 1 N–H and O–H groups in total. The van der Waals surface area contributed by atoms with Gasteiger partial charge in [-0.3, -0.25) is 9.29 Å². The van der Waals surface area contributed by atoms with E-state index in [1.807, 2.05) is 6.07 Å². The molecule has 1 heterocycles. The van der Waals surface area contributed by atoms with E-state index in [0.717, 1.165) is 31.7 Å². The third-order valence-electron chi connectivity index (χ3n) is 3.32. The summed E-state index contributed by atoms with van der Waals surface area (Å²) in [4.78, 5) is 2.22. The summed E-state index contributed by atoms with van der Waals surface area (Å²) in [6, 6.07) is 4.91. The Labute approximate surface area is 114 Å². The Kier molecular flexibility index (Phi) is 5.09. The number of hydrogen-bond donors (Lipinski definition) is 1. The van der Waals surface area contributed by atoms with Crippen LogP contribution in [0.4, 0.5) is 8.78 Å². The van der Waals surface area contributed by atoms with Crippen molar-refractivity contribution < 1.29 is 8.78 Å². The molecule has 0 spiro atoms. The maximum Gasteiger partial charge on any atom is 0.137 e. The summed E-state index contributed by atoms with van der Waals surface area (Å²) >= 11 is 3.28. The zero-order valence-corrected chi connectivity index (χ0v) is 11.7. The lowest BCUT2D eigenvalue weighted by Gasteiger charge is -2.35. The Balaban J connectivity index is 2.25. The Bertz CT molecular complexity index is 395. The number of benzene rings is 1. The van der Waals surface area contributed by atoms with Crippen molar-refractivity contribution in [2.75, 3.05) is 32.9 Å². The number of hydrogen-bond acceptors (Lipinski definition) is 2. The van der Waals surface area contributed by atoms with Crippen molar-refractivity contribution in [3.63, 3.8) is 0 Å². The third-order valence-corrected chi connectivity index (χ3v) is 4.15. The van der Waals surface area contributed by atoms with Gasteiger partial charge in [-0.25, -0.2) is 4.39 Å². The van der Waals surface area contributed by atoms with E-state index in [-0.39, 0.29) is 11.9 Å². The molecule has 1 saturated heterocycles. The topological polar surface area (TPSA) is 15.3 Å². The number of rotatable bonds is 4. The van der Waals surface area contributed by atoms with E-state index in [0.29, 0.717) is 10.9 Å². The first kappa shape index (κ1) is 13.9. The summed E-state index contributed by atoms with van der Waals surface area (Å²) in [5.41, 5.74) is 0.842. The lowest BCUT2D eigenvalue weighted by molar-refractivity contribution is 0.156. The van der Waals surface area contributed by atoms with Crippen LogP contribution in [0.3, 0.4) is 0 Å². The smallest absolute Gasteiger partial charge is 0.137 e. The van der Waals surface area contributed by atoms with Crippen LogP contribution in [-0.2, 0) is 0 Å². The second kappa shape index (κ2) is 6.59. The molecular weight excluding hydrogens is 302 g/mol. The number of piperazine rings is 1. The molecule has 1 aliphatic rings. The molecule has 2 rings (SSSR count). The largest absolute Gasteiger partial charge is 0.314 e. The van der Waals surface area contributed by atoms with Crippen molar-refractivity contribution in [2.24, 2.45) is 0 Å². The molecule has 1 aromatic carbocycles. The first-order valence-corrected chi connectivity index (χ1v) is 6.98. The fourth-order valence-electron chi connectivity index (χ4n) is 2.41. The lowest BCUT2D eigenvalue weighted by atomic mass is 10.0. The molecule has 1 atom stereocenters. The molecule has 5 heteroatoms. The molecule has 0 unspecified atom stereocenters. The average molecular weight is 319 g/mol. The van der Waals surface area contributed by atoms with E-state index >= 15 is 0 Å². The van der Waals surface area contributed by atoms with Crippen LogP contribution in [0.2, 0.25) is 0 Å². The highest BCUT2D eigenvalue weighted by molar-refractivity contribution is 9.10. The second-order valence-electron chi connectivity index (χ2n) is 4.42. The maximum absolute atomic E-state index is 13.6. The molecule has 18 heavy (non-hydrogen) atoms. The summed E-state index contributed by atoms with van der Waals surface area (Å²) in [7, 11) is 0. The molecule has 0 radical (unpaired) electrons. The minimum absolute atomic E-state index is 0.0535. The monoisotopic (exact) mass is 318 g/mol. The molecule has 0 aromatic heterocycles. The Morgan fingerprint density at radius 1 is 1.33 bits per heavy atom. The molecule has 1 fully saturated rings. The van der Waals surface area contributed by atoms with Gasteiger partial charge in [0.25, 0.3) is 0 Å². The molecule has 0 amide bonds. The Morgan fingerprint density at radius 2 is 2.06 bits per heavy atom. The van der Waals surface area contributed by atoms with Gasteiger partial charge in [-0.2, -0.15) is 0 Å². The van der Waals surface area contributed by atoms with E-state index < -0.39 is 6.67 Å². The van der Waals surface area contributed by atoms with Gasteiger partial charge in [0.2, 0.25) is 0 Å². The molecular formula is C13H17BrF2N2. The van der Waals surface area contributed by atoms with E-state index in [4.69, 9.17) is 0 Å². The molecule has 100 valence electrons. The van der Waals surface area contributed by atoms with Crippen LogP contribution in [0, 0.1) is 5.82 Å². The highest BCUT2D eigenvalue weighted by Crippen LogP contribution is 2.32. The third kappa shape index (κ3) is 3.08. The summed E-state index contributed by atoms with van der Waals surface area (Å²) in [5.74, 6) is -0.286. The first-order chi connectivity index (χ1) is 8.74. The standard InChI is InChI=1S/C13H17BrF2N2/c14-13-10(2-1-3-11(13)16)12(4-5-15)18-8-6-17-7-9-18/h1-3,12,17H,4-9H2/t12-/m0/s1. The minimum atomic E-state index is -0.391. The van der Waals surface area contributed by atoms with Crippen molar-refractivity contribution in [2.45, 2.75) is 12.5 Å².